The molecule has 0 spiro atoms. The van der Waals surface area contributed by atoms with Crippen LogP contribution in [0.5, 0.6) is 0 Å². The van der Waals surface area contributed by atoms with Crippen LogP contribution in [-0.2, 0) is 6.54 Å². The van der Waals surface area contributed by atoms with E-state index in [1.165, 1.54) is 6.07 Å². The SMILES string of the molecule is Cc1nc2n(Cc3ccccc3F)c3ccccc3n2n1. The van der Waals surface area contributed by atoms with Crippen molar-refractivity contribution in [2.24, 2.45) is 0 Å². The molecule has 2 heterocycles. The third kappa shape index (κ3) is 1.81. The Morgan fingerprint density at radius 3 is 2.52 bits per heavy atom. The van der Waals surface area contributed by atoms with Crippen molar-refractivity contribution in [1.29, 1.82) is 0 Å². The predicted molar refractivity (Wildman–Crippen MR) is 78.7 cm³/mol. The van der Waals surface area contributed by atoms with E-state index in [1.54, 1.807) is 12.1 Å². The van der Waals surface area contributed by atoms with Crippen molar-refractivity contribution in [1.82, 2.24) is 19.2 Å². The van der Waals surface area contributed by atoms with Gasteiger partial charge in [0.15, 0.2) is 0 Å². The first kappa shape index (κ1) is 12.1. The molecule has 0 saturated carbocycles. The maximum atomic E-state index is 13.9. The Morgan fingerprint density at radius 1 is 1.00 bits per heavy atom. The summed E-state index contributed by atoms with van der Waals surface area (Å²) >= 11 is 0. The summed E-state index contributed by atoms with van der Waals surface area (Å²) in [5.41, 5.74) is 2.61. The Hall–Kier alpha value is -2.69. The molecular formula is C16H13FN4. The van der Waals surface area contributed by atoms with Gasteiger partial charge in [-0.1, -0.05) is 30.3 Å². The van der Waals surface area contributed by atoms with Crippen molar-refractivity contribution in [3.63, 3.8) is 0 Å². The maximum Gasteiger partial charge on any atom is 0.233 e. The highest BCUT2D eigenvalue weighted by Gasteiger charge is 2.14. The second-order valence-electron chi connectivity index (χ2n) is 5.04. The molecule has 4 rings (SSSR count). The topological polar surface area (TPSA) is 35.1 Å². The van der Waals surface area contributed by atoms with Gasteiger partial charge in [0.2, 0.25) is 5.78 Å². The van der Waals surface area contributed by atoms with Gasteiger partial charge in [-0.25, -0.2) is 4.39 Å². The van der Waals surface area contributed by atoms with Gasteiger partial charge in [-0.15, -0.1) is 5.10 Å². The van der Waals surface area contributed by atoms with Crippen LogP contribution < -0.4 is 0 Å². The van der Waals surface area contributed by atoms with Crippen LogP contribution in [0, 0.1) is 12.7 Å². The van der Waals surface area contributed by atoms with Crippen molar-refractivity contribution in [3.05, 3.63) is 65.7 Å². The van der Waals surface area contributed by atoms with Gasteiger partial charge in [0.25, 0.3) is 0 Å². The number of benzene rings is 2. The van der Waals surface area contributed by atoms with Crippen LogP contribution in [0.2, 0.25) is 0 Å². The highest BCUT2D eigenvalue weighted by molar-refractivity contribution is 5.80. The highest BCUT2D eigenvalue weighted by atomic mass is 19.1. The number of halogens is 1. The number of fused-ring (bicyclic) bond motifs is 3. The van der Waals surface area contributed by atoms with Gasteiger partial charge in [-0.3, -0.25) is 0 Å². The zero-order valence-corrected chi connectivity index (χ0v) is 11.5. The number of rotatable bonds is 2. The average molecular weight is 280 g/mol. The smallest absolute Gasteiger partial charge is 0.233 e. The van der Waals surface area contributed by atoms with Gasteiger partial charge >= 0.3 is 0 Å². The zero-order valence-electron chi connectivity index (χ0n) is 11.5. The van der Waals surface area contributed by atoms with Gasteiger partial charge in [0, 0.05) is 5.56 Å². The molecule has 0 unspecified atom stereocenters. The third-order valence-corrected chi connectivity index (χ3v) is 3.62. The second kappa shape index (κ2) is 4.41. The highest BCUT2D eigenvalue weighted by Crippen LogP contribution is 2.21. The van der Waals surface area contributed by atoms with Crippen LogP contribution in [0.4, 0.5) is 4.39 Å². The fourth-order valence-corrected chi connectivity index (χ4v) is 2.67. The number of hydrogen-bond acceptors (Lipinski definition) is 2. The summed E-state index contributed by atoms with van der Waals surface area (Å²) in [5, 5.41) is 4.42. The van der Waals surface area contributed by atoms with Crippen LogP contribution >= 0.6 is 0 Å². The summed E-state index contributed by atoms with van der Waals surface area (Å²) in [6, 6.07) is 14.7. The molecule has 104 valence electrons. The first-order valence-electron chi connectivity index (χ1n) is 6.78. The molecule has 0 aliphatic carbocycles. The molecule has 0 atom stereocenters. The molecule has 4 nitrogen and oxygen atoms in total. The lowest BCUT2D eigenvalue weighted by molar-refractivity contribution is 0.603. The van der Waals surface area contributed by atoms with E-state index in [-0.39, 0.29) is 5.82 Å². The van der Waals surface area contributed by atoms with Gasteiger partial charge in [0.05, 0.1) is 17.6 Å². The summed E-state index contributed by atoms with van der Waals surface area (Å²) in [7, 11) is 0. The summed E-state index contributed by atoms with van der Waals surface area (Å²) in [5.74, 6) is 1.24. The summed E-state index contributed by atoms with van der Waals surface area (Å²) in [6.07, 6.45) is 0. The zero-order chi connectivity index (χ0) is 14.4. The molecular weight excluding hydrogens is 267 g/mol. The fraction of sp³-hybridized carbons (Fsp3) is 0.125. The van der Waals surface area contributed by atoms with Crippen LogP contribution in [-0.4, -0.2) is 19.2 Å². The van der Waals surface area contributed by atoms with Gasteiger partial charge < -0.3 is 4.57 Å². The minimum atomic E-state index is -0.204. The lowest BCUT2D eigenvalue weighted by Crippen LogP contribution is -2.02. The summed E-state index contributed by atoms with van der Waals surface area (Å²) < 4.78 is 17.7. The number of aryl methyl sites for hydroxylation is 1. The third-order valence-electron chi connectivity index (χ3n) is 3.62. The lowest BCUT2D eigenvalue weighted by atomic mass is 10.2. The Bertz CT molecular complexity index is 951. The molecule has 0 aliphatic rings. The average Bonchev–Trinajstić information content (AvgIpc) is 2.99. The van der Waals surface area contributed by atoms with Crippen LogP contribution in [0.15, 0.2) is 48.5 Å². The van der Waals surface area contributed by atoms with E-state index in [2.05, 4.69) is 10.1 Å². The summed E-state index contributed by atoms with van der Waals surface area (Å²) in [6.45, 7) is 2.29. The molecule has 0 amide bonds. The van der Waals surface area contributed by atoms with E-state index in [9.17, 15) is 4.39 Å². The molecule has 0 aliphatic heterocycles. The number of imidazole rings is 1. The van der Waals surface area contributed by atoms with E-state index in [4.69, 9.17) is 0 Å². The van der Waals surface area contributed by atoms with Gasteiger partial charge in [-0.05, 0) is 25.1 Å². The van der Waals surface area contributed by atoms with E-state index in [1.807, 2.05) is 46.3 Å². The molecule has 0 N–H and O–H groups in total. The van der Waals surface area contributed by atoms with Crippen molar-refractivity contribution in [2.75, 3.05) is 0 Å². The van der Waals surface area contributed by atoms with Crippen molar-refractivity contribution in [2.45, 2.75) is 13.5 Å². The van der Waals surface area contributed by atoms with Crippen molar-refractivity contribution >= 4 is 16.8 Å². The first-order valence-corrected chi connectivity index (χ1v) is 6.78. The number of aromatic nitrogens is 4. The normalized spacial score (nSPS) is 11.5. The minimum Gasteiger partial charge on any atom is -0.304 e. The molecule has 0 saturated heterocycles. The molecule has 0 bridgehead atoms. The largest absolute Gasteiger partial charge is 0.304 e. The number of para-hydroxylation sites is 2. The van der Waals surface area contributed by atoms with Crippen LogP contribution in [0.25, 0.3) is 16.8 Å². The second-order valence-corrected chi connectivity index (χ2v) is 5.04. The fourth-order valence-electron chi connectivity index (χ4n) is 2.67. The predicted octanol–water partition coefficient (Wildman–Crippen LogP) is 3.18. The van der Waals surface area contributed by atoms with E-state index >= 15 is 0 Å². The number of hydrogen-bond donors (Lipinski definition) is 0. The molecule has 4 aromatic rings. The molecule has 2 aromatic heterocycles. The first-order chi connectivity index (χ1) is 10.2. The van der Waals surface area contributed by atoms with Gasteiger partial charge in [-0.2, -0.15) is 9.50 Å². The van der Waals surface area contributed by atoms with Crippen molar-refractivity contribution in [3.8, 4) is 0 Å². The summed E-state index contributed by atoms with van der Waals surface area (Å²) in [4.78, 5) is 4.47. The van der Waals surface area contributed by atoms with E-state index in [0.29, 0.717) is 17.9 Å². The minimum absolute atomic E-state index is 0.204. The monoisotopic (exact) mass is 280 g/mol. The lowest BCUT2D eigenvalue weighted by Gasteiger charge is -2.06. The van der Waals surface area contributed by atoms with Crippen LogP contribution in [0.3, 0.4) is 0 Å². The van der Waals surface area contributed by atoms with Crippen LogP contribution in [0.1, 0.15) is 11.4 Å². The molecule has 5 heteroatoms. The molecule has 0 radical (unpaired) electrons. The van der Waals surface area contributed by atoms with Crippen molar-refractivity contribution < 1.29 is 4.39 Å². The Balaban J connectivity index is 1.99. The molecule has 21 heavy (non-hydrogen) atoms. The maximum absolute atomic E-state index is 13.9. The van der Waals surface area contributed by atoms with E-state index < -0.39 is 0 Å². The standard InChI is InChI=1S/C16H13FN4/c1-11-18-16-20(10-12-6-2-3-7-13(12)17)14-8-4-5-9-15(14)21(16)19-11/h2-9H,10H2,1H3. The van der Waals surface area contributed by atoms with Gasteiger partial charge in [0.1, 0.15) is 11.6 Å². The van der Waals surface area contributed by atoms with E-state index in [0.717, 1.165) is 16.8 Å². The quantitative estimate of drug-likeness (QED) is 0.565. The Morgan fingerprint density at radius 2 is 1.71 bits per heavy atom. The molecule has 0 fully saturated rings. The molecule has 2 aromatic carbocycles. The Kier molecular flexibility index (Phi) is 2.54. The number of nitrogens with zero attached hydrogens (tertiary/aromatic N) is 4. The Labute approximate surface area is 120 Å².